The van der Waals surface area contributed by atoms with E-state index in [-0.39, 0.29) is 0 Å². The average Bonchev–Trinajstić information content (AvgIpc) is 2.75. The predicted octanol–water partition coefficient (Wildman–Crippen LogP) is 1.83. The van der Waals surface area contributed by atoms with Gasteiger partial charge in [-0.3, -0.25) is 0 Å². The van der Waals surface area contributed by atoms with Crippen molar-refractivity contribution in [1.82, 2.24) is 9.62 Å². The van der Waals surface area contributed by atoms with Crippen LogP contribution in [0.15, 0.2) is 0 Å². The molecule has 0 heterocycles. The van der Waals surface area contributed by atoms with Gasteiger partial charge in [0.05, 0.1) is 5.75 Å². The molecule has 0 aromatic rings. The van der Waals surface area contributed by atoms with Crippen molar-refractivity contribution >= 4 is 10.0 Å². The number of sulfonamides is 1. The molecule has 0 aromatic carbocycles. The number of likely N-dealkylation sites (N-methyl/N-ethyl adjacent to an activating group) is 1. The summed E-state index contributed by atoms with van der Waals surface area (Å²) in [5.41, 5.74) is 0. The van der Waals surface area contributed by atoms with Crippen LogP contribution in [0.4, 0.5) is 0 Å². The lowest BCUT2D eigenvalue weighted by molar-refractivity contribution is 0.277. The van der Waals surface area contributed by atoms with E-state index in [1.807, 2.05) is 14.1 Å². The summed E-state index contributed by atoms with van der Waals surface area (Å²) in [5.74, 6) is 0.700. The second-order valence-electron chi connectivity index (χ2n) is 5.69. The van der Waals surface area contributed by atoms with Crippen LogP contribution >= 0.6 is 0 Å². The van der Waals surface area contributed by atoms with E-state index in [9.17, 15) is 8.42 Å². The maximum atomic E-state index is 12.0. The van der Waals surface area contributed by atoms with Gasteiger partial charge in [-0.2, -0.15) is 0 Å². The molecule has 5 heteroatoms. The standard InChI is InChI=1S/C13H28N2O2S/c1-4-7-13(15(2)3)10-14-18(16,17)11-12-8-5-6-9-12/h12-14H,4-11H2,1-3H3. The van der Waals surface area contributed by atoms with Crippen molar-refractivity contribution in [2.24, 2.45) is 5.92 Å². The second-order valence-corrected chi connectivity index (χ2v) is 7.54. The van der Waals surface area contributed by atoms with Gasteiger partial charge in [0.15, 0.2) is 0 Å². The van der Waals surface area contributed by atoms with Crippen LogP contribution in [0.1, 0.15) is 45.4 Å². The van der Waals surface area contributed by atoms with E-state index in [4.69, 9.17) is 0 Å². The van der Waals surface area contributed by atoms with E-state index in [0.29, 0.717) is 24.3 Å². The summed E-state index contributed by atoms with van der Waals surface area (Å²) in [6.07, 6.45) is 6.64. The molecule has 1 unspecified atom stereocenters. The van der Waals surface area contributed by atoms with Crippen LogP contribution in [-0.4, -0.2) is 45.8 Å². The van der Waals surface area contributed by atoms with Crippen molar-refractivity contribution < 1.29 is 8.42 Å². The smallest absolute Gasteiger partial charge is 0.211 e. The van der Waals surface area contributed by atoms with E-state index >= 15 is 0 Å². The van der Waals surface area contributed by atoms with E-state index in [2.05, 4.69) is 16.5 Å². The molecule has 0 saturated heterocycles. The molecule has 1 N–H and O–H groups in total. The van der Waals surface area contributed by atoms with Gasteiger partial charge in [0.1, 0.15) is 0 Å². The first-order chi connectivity index (χ1) is 8.44. The maximum Gasteiger partial charge on any atom is 0.211 e. The molecule has 108 valence electrons. The molecular weight excluding hydrogens is 248 g/mol. The van der Waals surface area contributed by atoms with Crippen LogP contribution < -0.4 is 4.72 Å². The van der Waals surface area contributed by atoms with Crippen molar-refractivity contribution in [2.75, 3.05) is 26.4 Å². The van der Waals surface area contributed by atoms with E-state index in [1.165, 1.54) is 12.8 Å². The summed E-state index contributed by atoms with van der Waals surface area (Å²) in [7, 11) is 0.923. The number of nitrogens with zero attached hydrogens (tertiary/aromatic N) is 1. The van der Waals surface area contributed by atoms with Gasteiger partial charge in [0.2, 0.25) is 10.0 Å². The molecule has 1 atom stereocenters. The Balaban J connectivity index is 2.39. The van der Waals surface area contributed by atoms with Gasteiger partial charge in [-0.05, 0) is 39.3 Å². The van der Waals surface area contributed by atoms with Gasteiger partial charge in [0.25, 0.3) is 0 Å². The number of nitrogens with one attached hydrogen (secondary N) is 1. The third-order valence-electron chi connectivity index (χ3n) is 3.82. The molecule has 1 aliphatic carbocycles. The average molecular weight is 276 g/mol. The highest BCUT2D eigenvalue weighted by Crippen LogP contribution is 2.25. The normalized spacial score (nSPS) is 19.6. The van der Waals surface area contributed by atoms with Crippen LogP contribution in [0.3, 0.4) is 0 Å². The fourth-order valence-electron chi connectivity index (χ4n) is 2.65. The van der Waals surface area contributed by atoms with Crippen LogP contribution in [-0.2, 0) is 10.0 Å². The minimum absolute atomic E-state index is 0.299. The molecule has 1 saturated carbocycles. The third kappa shape index (κ3) is 5.67. The van der Waals surface area contributed by atoms with Crippen molar-refractivity contribution in [3.63, 3.8) is 0 Å². The van der Waals surface area contributed by atoms with Gasteiger partial charge >= 0.3 is 0 Å². The summed E-state index contributed by atoms with van der Waals surface area (Å²) in [6.45, 7) is 2.67. The van der Waals surface area contributed by atoms with Gasteiger partial charge in [0, 0.05) is 12.6 Å². The van der Waals surface area contributed by atoms with Crippen molar-refractivity contribution in [2.45, 2.75) is 51.5 Å². The molecule has 0 bridgehead atoms. The van der Waals surface area contributed by atoms with Gasteiger partial charge in [-0.15, -0.1) is 0 Å². The first-order valence-electron chi connectivity index (χ1n) is 7.08. The first kappa shape index (κ1) is 15.9. The monoisotopic (exact) mass is 276 g/mol. The molecule has 4 nitrogen and oxygen atoms in total. The lowest BCUT2D eigenvalue weighted by Gasteiger charge is -2.24. The zero-order chi connectivity index (χ0) is 13.6. The fourth-order valence-corrected chi connectivity index (χ4v) is 4.16. The minimum Gasteiger partial charge on any atom is -0.305 e. The molecule has 18 heavy (non-hydrogen) atoms. The second kappa shape index (κ2) is 7.46. The van der Waals surface area contributed by atoms with Crippen molar-refractivity contribution in [3.05, 3.63) is 0 Å². The van der Waals surface area contributed by atoms with Crippen LogP contribution in [0.25, 0.3) is 0 Å². The Hall–Kier alpha value is -0.130. The number of hydrogen-bond donors (Lipinski definition) is 1. The Morgan fingerprint density at radius 1 is 1.28 bits per heavy atom. The Labute approximate surface area is 112 Å². The highest BCUT2D eigenvalue weighted by Gasteiger charge is 2.23. The molecule has 0 aliphatic heterocycles. The first-order valence-corrected chi connectivity index (χ1v) is 8.73. The molecule has 1 fully saturated rings. The lowest BCUT2D eigenvalue weighted by Crippen LogP contribution is -2.41. The Kier molecular flexibility index (Phi) is 6.60. The van der Waals surface area contributed by atoms with Crippen LogP contribution in [0, 0.1) is 5.92 Å². The minimum atomic E-state index is -3.09. The summed E-state index contributed by atoms with van der Waals surface area (Å²) in [6, 6.07) is 0.299. The van der Waals surface area contributed by atoms with Gasteiger partial charge in [-0.1, -0.05) is 26.2 Å². The Morgan fingerprint density at radius 3 is 2.39 bits per heavy atom. The summed E-state index contributed by atoms with van der Waals surface area (Å²) in [4.78, 5) is 2.10. The summed E-state index contributed by atoms with van der Waals surface area (Å²) < 4.78 is 26.8. The third-order valence-corrected chi connectivity index (χ3v) is 5.34. The van der Waals surface area contributed by atoms with Gasteiger partial charge < -0.3 is 4.90 Å². The highest BCUT2D eigenvalue weighted by molar-refractivity contribution is 7.89. The van der Waals surface area contributed by atoms with Gasteiger partial charge in [-0.25, -0.2) is 13.1 Å². The van der Waals surface area contributed by atoms with E-state index < -0.39 is 10.0 Å². The zero-order valence-electron chi connectivity index (χ0n) is 12.0. The van der Waals surface area contributed by atoms with E-state index in [1.54, 1.807) is 0 Å². The number of rotatable bonds is 8. The predicted molar refractivity (Wildman–Crippen MR) is 76.1 cm³/mol. The number of hydrogen-bond acceptors (Lipinski definition) is 3. The molecule has 0 amide bonds. The Bertz CT molecular complexity index is 322. The van der Waals surface area contributed by atoms with Crippen LogP contribution in [0.2, 0.25) is 0 Å². The van der Waals surface area contributed by atoms with E-state index in [0.717, 1.165) is 25.7 Å². The fraction of sp³-hybridized carbons (Fsp3) is 1.00. The largest absolute Gasteiger partial charge is 0.305 e. The molecule has 1 rings (SSSR count). The zero-order valence-corrected chi connectivity index (χ0v) is 12.8. The topological polar surface area (TPSA) is 49.4 Å². The highest BCUT2D eigenvalue weighted by atomic mass is 32.2. The quantitative estimate of drug-likeness (QED) is 0.736. The molecule has 0 spiro atoms. The van der Waals surface area contributed by atoms with Crippen LogP contribution in [0.5, 0.6) is 0 Å². The molecular formula is C13H28N2O2S. The molecule has 0 radical (unpaired) electrons. The summed E-state index contributed by atoms with van der Waals surface area (Å²) in [5, 5.41) is 0. The van der Waals surface area contributed by atoms with Crippen molar-refractivity contribution in [1.29, 1.82) is 0 Å². The maximum absolute atomic E-state index is 12.0. The lowest BCUT2D eigenvalue weighted by atomic mass is 10.1. The molecule has 0 aromatic heterocycles. The Morgan fingerprint density at radius 2 is 1.89 bits per heavy atom. The summed E-state index contributed by atoms with van der Waals surface area (Å²) >= 11 is 0. The molecule has 1 aliphatic rings. The SMILES string of the molecule is CCCC(CNS(=O)(=O)CC1CCCC1)N(C)C. The van der Waals surface area contributed by atoms with Crippen molar-refractivity contribution in [3.8, 4) is 0 Å².